The van der Waals surface area contributed by atoms with Gasteiger partial charge in [-0.25, -0.2) is 9.37 Å². The minimum atomic E-state index is -0.631. The third-order valence-electron chi connectivity index (χ3n) is 7.03. The molecule has 0 bridgehead atoms. The molecule has 5 aromatic rings. The Morgan fingerprint density at radius 1 is 1.11 bits per heavy atom. The van der Waals surface area contributed by atoms with Crippen molar-refractivity contribution in [2.75, 3.05) is 7.11 Å². The molecule has 9 nitrogen and oxygen atoms in total. The molecule has 4 aromatic carbocycles. The molecule has 0 saturated heterocycles. The lowest BCUT2D eigenvalue weighted by atomic mass is 9.96. The first-order valence-electron chi connectivity index (χ1n) is 13.7. The lowest BCUT2D eigenvalue weighted by Crippen LogP contribution is -2.20. The topological polar surface area (TPSA) is 109 Å². The molecule has 0 aliphatic heterocycles. The molecule has 0 unspecified atom stereocenters. The van der Waals surface area contributed by atoms with Gasteiger partial charge in [-0.2, -0.15) is 9.78 Å². The average molecular weight is 615 g/mol. The molecular weight excluding hydrogens is 587 g/mol. The molecule has 0 spiro atoms. The summed E-state index contributed by atoms with van der Waals surface area (Å²) in [6.07, 6.45) is 1.30. The molecule has 5 rings (SSSR count). The van der Waals surface area contributed by atoms with Gasteiger partial charge in [0.2, 0.25) is 5.75 Å². The predicted molar refractivity (Wildman–Crippen MR) is 169 cm³/mol. The Kier molecular flexibility index (Phi) is 8.73. The number of aromatic nitrogens is 2. The first-order chi connectivity index (χ1) is 21.1. The summed E-state index contributed by atoms with van der Waals surface area (Å²) < 4.78 is 26.0. The molecule has 0 atom stereocenters. The normalized spacial score (nSPS) is 11.4. The van der Waals surface area contributed by atoms with Gasteiger partial charge < -0.3 is 9.47 Å². The number of aryl methyl sites for hydroxylation is 1. The smallest absolute Gasteiger partial charge is 0.313 e. The van der Waals surface area contributed by atoms with E-state index in [9.17, 15) is 19.3 Å². The van der Waals surface area contributed by atoms with Gasteiger partial charge in [-0.3, -0.25) is 14.9 Å². The van der Waals surface area contributed by atoms with Crippen molar-refractivity contribution in [3.63, 3.8) is 0 Å². The van der Waals surface area contributed by atoms with E-state index in [0.717, 1.165) is 16.9 Å². The summed E-state index contributed by atoms with van der Waals surface area (Å²) in [7, 11) is 1.61. The first kappa shape index (κ1) is 30.4. The number of para-hydroxylation sites is 1. The quantitative estimate of drug-likeness (QED) is 0.0957. The molecule has 44 heavy (non-hydrogen) atoms. The van der Waals surface area contributed by atoms with Gasteiger partial charge in [0.1, 0.15) is 18.2 Å². The fourth-order valence-electron chi connectivity index (χ4n) is 4.83. The highest BCUT2D eigenvalue weighted by molar-refractivity contribution is 6.32. The largest absolute Gasteiger partial charge is 0.496 e. The molecular formula is C33H28ClFN4O5. The van der Waals surface area contributed by atoms with Crippen LogP contribution < -0.4 is 15.0 Å². The maximum absolute atomic E-state index is 13.7. The Morgan fingerprint density at radius 2 is 1.89 bits per heavy atom. The molecule has 0 fully saturated rings. The molecule has 0 N–H and O–H groups in total. The molecule has 1 heterocycles. The van der Waals surface area contributed by atoms with Crippen molar-refractivity contribution < 1.29 is 18.8 Å². The SMILES string of the molecule is COc1cc(C)c(-c2nc3ccccc3c(=O)n2N=Cc2cc(Cl)c(OCc3cccc(F)c3)c([N+](=O)[O-])c2)cc1C(C)C. The third kappa shape index (κ3) is 6.16. The second-order valence-electron chi connectivity index (χ2n) is 10.4. The maximum atomic E-state index is 13.7. The van der Waals surface area contributed by atoms with Gasteiger partial charge in [-0.05, 0) is 72.0 Å². The van der Waals surface area contributed by atoms with Crippen LogP contribution >= 0.6 is 11.6 Å². The van der Waals surface area contributed by atoms with Crippen LogP contribution in [0.25, 0.3) is 22.3 Å². The summed E-state index contributed by atoms with van der Waals surface area (Å²) in [4.78, 5) is 29.9. The Labute approximate surface area is 257 Å². The van der Waals surface area contributed by atoms with Crippen molar-refractivity contribution in [1.82, 2.24) is 9.66 Å². The monoisotopic (exact) mass is 614 g/mol. The van der Waals surface area contributed by atoms with Crippen LogP contribution in [0.4, 0.5) is 10.1 Å². The van der Waals surface area contributed by atoms with Crippen molar-refractivity contribution in [2.24, 2.45) is 5.10 Å². The van der Waals surface area contributed by atoms with Crippen molar-refractivity contribution >= 4 is 34.4 Å². The average Bonchev–Trinajstić information content (AvgIpc) is 2.99. The van der Waals surface area contributed by atoms with Crippen LogP contribution in [0.3, 0.4) is 0 Å². The highest BCUT2D eigenvalue weighted by atomic mass is 35.5. The number of nitrogens with zero attached hydrogens (tertiary/aromatic N) is 4. The fourth-order valence-corrected chi connectivity index (χ4v) is 5.11. The lowest BCUT2D eigenvalue weighted by Gasteiger charge is -2.17. The van der Waals surface area contributed by atoms with Crippen molar-refractivity contribution in [3.05, 3.63) is 126 Å². The second kappa shape index (κ2) is 12.6. The van der Waals surface area contributed by atoms with Gasteiger partial charge in [0.05, 0.1) is 34.2 Å². The van der Waals surface area contributed by atoms with E-state index >= 15 is 0 Å². The van der Waals surface area contributed by atoms with E-state index in [2.05, 4.69) is 5.10 Å². The maximum Gasteiger partial charge on any atom is 0.313 e. The Balaban J connectivity index is 1.61. The highest BCUT2D eigenvalue weighted by Gasteiger charge is 2.22. The number of hydrogen-bond donors (Lipinski definition) is 0. The number of methoxy groups -OCH3 is 1. The third-order valence-corrected chi connectivity index (χ3v) is 7.31. The van der Waals surface area contributed by atoms with Crippen LogP contribution in [0.5, 0.6) is 11.5 Å². The van der Waals surface area contributed by atoms with Crippen LogP contribution in [0.15, 0.2) is 82.7 Å². The van der Waals surface area contributed by atoms with Gasteiger partial charge in [0.15, 0.2) is 5.82 Å². The highest BCUT2D eigenvalue weighted by Crippen LogP contribution is 2.37. The van der Waals surface area contributed by atoms with E-state index in [0.29, 0.717) is 27.9 Å². The van der Waals surface area contributed by atoms with Crippen LogP contribution in [-0.2, 0) is 6.61 Å². The zero-order chi connectivity index (χ0) is 31.5. The van der Waals surface area contributed by atoms with E-state index in [1.54, 1.807) is 37.4 Å². The number of halogens is 2. The summed E-state index contributed by atoms with van der Waals surface area (Å²) in [6, 6.07) is 19.2. The summed E-state index contributed by atoms with van der Waals surface area (Å²) in [6.45, 7) is 5.84. The van der Waals surface area contributed by atoms with Crippen LogP contribution in [-0.4, -0.2) is 27.9 Å². The van der Waals surface area contributed by atoms with E-state index in [1.165, 1.54) is 41.2 Å². The van der Waals surface area contributed by atoms with Gasteiger partial charge in [-0.1, -0.05) is 49.7 Å². The van der Waals surface area contributed by atoms with E-state index in [-0.39, 0.29) is 28.9 Å². The summed E-state index contributed by atoms with van der Waals surface area (Å²) in [5, 5.41) is 16.7. The number of benzene rings is 4. The van der Waals surface area contributed by atoms with E-state index in [4.69, 9.17) is 26.1 Å². The molecule has 224 valence electrons. The van der Waals surface area contributed by atoms with E-state index in [1.807, 2.05) is 32.9 Å². The number of hydrogen-bond acceptors (Lipinski definition) is 7. The Bertz CT molecular complexity index is 1990. The van der Waals surface area contributed by atoms with Crippen LogP contribution in [0, 0.1) is 22.9 Å². The molecule has 0 amide bonds. The van der Waals surface area contributed by atoms with Crippen molar-refractivity contribution in [3.8, 4) is 22.9 Å². The summed E-state index contributed by atoms with van der Waals surface area (Å²) >= 11 is 6.43. The fraction of sp³-hybridized carbons (Fsp3) is 0.182. The molecule has 0 aliphatic rings. The van der Waals surface area contributed by atoms with Gasteiger partial charge in [0.25, 0.3) is 5.56 Å². The van der Waals surface area contributed by atoms with Crippen molar-refractivity contribution in [2.45, 2.75) is 33.3 Å². The summed E-state index contributed by atoms with van der Waals surface area (Å²) in [5.41, 5.74) is 2.83. The summed E-state index contributed by atoms with van der Waals surface area (Å²) in [5.74, 6) is 0.515. The second-order valence-corrected chi connectivity index (χ2v) is 10.8. The minimum Gasteiger partial charge on any atom is -0.496 e. The van der Waals surface area contributed by atoms with Gasteiger partial charge >= 0.3 is 5.69 Å². The van der Waals surface area contributed by atoms with Gasteiger partial charge in [0, 0.05) is 17.2 Å². The number of fused-ring (bicyclic) bond motifs is 1. The van der Waals surface area contributed by atoms with Crippen molar-refractivity contribution in [1.29, 1.82) is 0 Å². The zero-order valence-electron chi connectivity index (χ0n) is 24.4. The number of ether oxygens (including phenoxy) is 2. The molecule has 11 heteroatoms. The molecule has 0 saturated carbocycles. The predicted octanol–water partition coefficient (Wildman–Crippen LogP) is 7.67. The van der Waals surface area contributed by atoms with Gasteiger partial charge in [-0.15, -0.1) is 0 Å². The molecule has 0 radical (unpaired) electrons. The zero-order valence-corrected chi connectivity index (χ0v) is 25.1. The number of rotatable bonds is 9. The molecule has 0 aliphatic carbocycles. The number of nitro benzene ring substituents is 1. The Morgan fingerprint density at radius 3 is 2.59 bits per heavy atom. The van der Waals surface area contributed by atoms with E-state index < -0.39 is 22.0 Å². The van der Waals surface area contributed by atoms with Crippen LogP contribution in [0.1, 0.15) is 42.0 Å². The standard InChI is InChI=1S/C33H28ClFN4O5/c1-19(2)25-16-26(20(3)12-30(25)43-4)32-37-28-11-6-5-10-24(28)33(40)38(32)36-17-22-14-27(34)31(29(15-22)39(41)42)44-18-21-8-7-9-23(35)13-21/h5-17,19H,18H2,1-4H3. The Hall–Kier alpha value is -5.09. The first-order valence-corrected chi connectivity index (χ1v) is 14.1. The molecule has 1 aromatic heterocycles. The number of nitro groups is 1. The van der Waals surface area contributed by atoms with Crippen LogP contribution in [0.2, 0.25) is 5.02 Å². The lowest BCUT2D eigenvalue weighted by molar-refractivity contribution is -0.385. The minimum absolute atomic E-state index is 0.0474.